The van der Waals surface area contributed by atoms with Crippen LogP contribution in [-0.2, 0) is 36.0 Å². The van der Waals surface area contributed by atoms with E-state index in [1.165, 1.54) is 44.4 Å². The number of ether oxygens (including phenoxy) is 2. The summed E-state index contributed by atoms with van der Waals surface area (Å²) in [4.78, 5) is 16.4. The highest BCUT2D eigenvalue weighted by molar-refractivity contribution is 7.88. The second-order valence-corrected chi connectivity index (χ2v) is 14.7. The van der Waals surface area contributed by atoms with Gasteiger partial charge >= 0.3 is 6.36 Å². The Morgan fingerprint density at radius 2 is 1.55 bits per heavy atom. The van der Waals surface area contributed by atoms with Crippen LogP contribution in [0.5, 0.6) is 11.5 Å². The fourth-order valence-corrected chi connectivity index (χ4v) is 6.91. The summed E-state index contributed by atoms with van der Waals surface area (Å²) in [5.74, 6) is 1.13. The Balaban J connectivity index is 0.000000181. The number of hydrogen-bond acceptors (Lipinski definition) is 8. The maximum Gasteiger partial charge on any atom is 0.573 e. The summed E-state index contributed by atoms with van der Waals surface area (Å²) in [5, 5.41) is -0.145. The Hall–Kier alpha value is -5.28. The van der Waals surface area contributed by atoms with E-state index in [1.807, 2.05) is 35.2 Å². The van der Waals surface area contributed by atoms with E-state index in [9.17, 15) is 30.8 Å². The normalized spacial score (nSPS) is 14.2. The van der Waals surface area contributed by atoms with E-state index in [-0.39, 0.29) is 34.9 Å². The summed E-state index contributed by atoms with van der Waals surface area (Å²) >= 11 is 0. The molecule has 4 heterocycles. The molecule has 2 aromatic heterocycles. The number of carbonyl (C=O) groups excluding carboxylic acids is 1. The number of para-hydroxylation sites is 1. The molecule has 0 fully saturated rings. The zero-order valence-electron chi connectivity index (χ0n) is 28.9. The van der Waals surface area contributed by atoms with Crippen molar-refractivity contribution in [2.45, 2.75) is 50.3 Å². The van der Waals surface area contributed by atoms with Gasteiger partial charge in [0.2, 0.25) is 5.09 Å². The van der Waals surface area contributed by atoms with Crippen molar-refractivity contribution in [3.8, 4) is 11.5 Å². The fourth-order valence-electron chi connectivity index (χ4n) is 6.10. The number of fused-ring (bicyclic) bond motifs is 2. The summed E-state index contributed by atoms with van der Waals surface area (Å²) < 4.78 is 96.8. The topological polar surface area (TPSA) is 106 Å². The molecule has 0 N–H and O–H groups in total. The van der Waals surface area contributed by atoms with Crippen LogP contribution in [0.25, 0.3) is 0 Å². The SMILES string of the molecule is CN(C)S(=O)(=O)c1ccc(CN2CCCc3cc(OC(F)(F)F)ccc32)o1.O=C(c1ccc(COc2ccccc2)o1)N1CCCc2ccc(F)cc21. The predicted octanol–water partition coefficient (Wildman–Crippen LogP) is 7.97. The molecule has 0 saturated carbocycles. The van der Waals surface area contributed by atoms with Crippen LogP contribution in [0.4, 0.5) is 28.9 Å². The average Bonchev–Trinajstić information content (AvgIpc) is 3.81. The van der Waals surface area contributed by atoms with Gasteiger partial charge in [-0.25, -0.2) is 17.1 Å². The quantitative estimate of drug-likeness (QED) is 0.140. The van der Waals surface area contributed by atoms with Gasteiger partial charge < -0.3 is 28.1 Å². The third-order valence-electron chi connectivity index (χ3n) is 8.63. The van der Waals surface area contributed by atoms with Crippen LogP contribution >= 0.6 is 0 Å². The van der Waals surface area contributed by atoms with E-state index in [1.54, 1.807) is 35.2 Å². The number of alkyl halides is 3. The molecule has 2 aliphatic heterocycles. The Morgan fingerprint density at radius 1 is 0.811 bits per heavy atom. The summed E-state index contributed by atoms with van der Waals surface area (Å²) in [6.45, 7) is 1.78. The van der Waals surface area contributed by atoms with Crippen molar-refractivity contribution in [2.24, 2.45) is 0 Å². The van der Waals surface area contributed by atoms with E-state index in [4.69, 9.17) is 13.6 Å². The fraction of sp³-hybridized carbons (Fsp3) is 0.289. The van der Waals surface area contributed by atoms with Gasteiger partial charge in [-0.1, -0.05) is 24.3 Å². The lowest BCUT2D eigenvalue weighted by Gasteiger charge is -2.31. The van der Waals surface area contributed by atoms with E-state index in [0.717, 1.165) is 46.1 Å². The van der Waals surface area contributed by atoms with Crippen LogP contribution in [0.15, 0.2) is 105 Å². The van der Waals surface area contributed by atoms with Gasteiger partial charge in [-0.15, -0.1) is 13.2 Å². The van der Waals surface area contributed by atoms with Crippen molar-refractivity contribution in [3.63, 3.8) is 0 Å². The first kappa shape index (κ1) is 37.5. The summed E-state index contributed by atoms with van der Waals surface area (Å²) in [6.07, 6.45) is -1.65. The Labute approximate surface area is 304 Å². The molecule has 3 aromatic carbocycles. The molecule has 5 aromatic rings. The standard InChI is InChI=1S/C21H18FNO3.C17H19F3N2O4S/c22-16-9-8-15-5-4-12-23(19(15)13-16)21(24)20-11-10-18(26-20)14-25-17-6-2-1-3-7-17;1-21(2)27(23,24)16-8-6-14(25-16)11-22-9-3-4-12-10-13(5-7-15(12)22)26-17(18,19)20/h1-3,6-11,13H,4-5,12,14H2;5-8,10H,3-4,9,11H2,1-2H3. The molecule has 0 aliphatic carbocycles. The van der Waals surface area contributed by atoms with Gasteiger partial charge in [-0.05, 0) is 104 Å². The molecule has 0 bridgehead atoms. The van der Waals surface area contributed by atoms with Crippen LogP contribution in [-0.4, -0.2) is 52.2 Å². The lowest BCUT2D eigenvalue weighted by atomic mass is 10.0. The summed E-state index contributed by atoms with van der Waals surface area (Å²) in [5.41, 5.74) is 3.13. The maximum absolute atomic E-state index is 13.6. The number of halogens is 4. The molecular formula is C38H37F4N3O7S. The molecule has 2 aliphatic rings. The summed E-state index contributed by atoms with van der Waals surface area (Å²) in [7, 11) is -0.824. The van der Waals surface area contributed by atoms with Crippen molar-refractivity contribution in [1.82, 2.24) is 4.31 Å². The lowest BCUT2D eigenvalue weighted by Crippen LogP contribution is -2.35. The molecule has 280 valence electrons. The number of furan rings is 2. The highest BCUT2D eigenvalue weighted by Gasteiger charge is 2.32. The van der Waals surface area contributed by atoms with Crippen molar-refractivity contribution < 1.29 is 49.1 Å². The monoisotopic (exact) mass is 755 g/mol. The Kier molecular flexibility index (Phi) is 11.1. The van der Waals surface area contributed by atoms with Crippen LogP contribution in [0.2, 0.25) is 0 Å². The maximum atomic E-state index is 13.6. The van der Waals surface area contributed by atoms with Crippen molar-refractivity contribution in [3.05, 3.63) is 125 Å². The first-order chi connectivity index (χ1) is 25.3. The smallest absolute Gasteiger partial charge is 0.486 e. The number of hydrogen-bond donors (Lipinski definition) is 0. The molecule has 0 atom stereocenters. The minimum atomic E-state index is -4.73. The van der Waals surface area contributed by atoms with Crippen molar-refractivity contribution >= 4 is 27.3 Å². The number of anilines is 2. The molecule has 7 rings (SSSR count). The second kappa shape index (κ2) is 15.8. The average molecular weight is 756 g/mol. The van der Waals surface area contributed by atoms with Crippen LogP contribution in [0, 0.1) is 5.82 Å². The number of nitrogens with zero attached hydrogens (tertiary/aromatic N) is 3. The molecule has 0 spiro atoms. The molecule has 0 saturated heterocycles. The highest BCUT2D eigenvalue weighted by atomic mass is 32.2. The van der Waals surface area contributed by atoms with E-state index >= 15 is 0 Å². The van der Waals surface area contributed by atoms with Crippen molar-refractivity contribution in [2.75, 3.05) is 37.0 Å². The van der Waals surface area contributed by atoms with Crippen molar-refractivity contribution in [1.29, 1.82) is 0 Å². The van der Waals surface area contributed by atoms with Gasteiger partial charge in [0.15, 0.2) is 5.76 Å². The van der Waals surface area contributed by atoms with Crippen LogP contribution in [0.1, 0.15) is 46.0 Å². The van der Waals surface area contributed by atoms with Crippen LogP contribution in [0.3, 0.4) is 0 Å². The molecule has 53 heavy (non-hydrogen) atoms. The van der Waals surface area contributed by atoms with E-state index in [2.05, 4.69) is 4.74 Å². The predicted molar refractivity (Wildman–Crippen MR) is 188 cm³/mol. The number of aryl methyl sites for hydroxylation is 2. The molecule has 15 heteroatoms. The summed E-state index contributed by atoms with van der Waals surface area (Å²) in [6, 6.07) is 24.6. The number of benzene rings is 3. The third-order valence-corrected chi connectivity index (χ3v) is 10.3. The number of amides is 1. The Bertz CT molecular complexity index is 2150. The molecular weight excluding hydrogens is 718 g/mol. The van der Waals surface area contributed by atoms with Gasteiger partial charge in [0, 0.05) is 32.9 Å². The molecule has 1 amide bonds. The molecule has 0 radical (unpaired) electrons. The Morgan fingerprint density at radius 3 is 2.30 bits per heavy atom. The first-order valence-electron chi connectivity index (χ1n) is 16.8. The molecule has 0 unspecified atom stereocenters. The number of carbonyl (C=O) groups is 1. The van der Waals surface area contributed by atoms with E-state index < -0.39 is 16.4 Å². The van der Waals surface area contributed by atoms with Gasteiger partial charge in [-0.2, -0.15) is 0 Å². The van der Waals surface area contributed by atoms with Gasteiger partial charge in [-0.3, -0.25) is 4.79 Å². The zero-order valence-corrected chi connectivity index (χ0v) is 29.8. The second-order valence-electron chi connectivity index (χ2n) is 12.6. The lowest BCUT2D eigenvalue weighted by molar-refractivity contribution is -0.274. The minimum Gasteiger partial charge on any atom is -0.486 e. The largest absolute Gasteiger partial charge is 0.573 e. The number of rotatable bonds is 9. The minimum absolute atomic E-state index is 0.145. The van der Waals surface area contributed by atoms with Gasteiger partial charge in [0.05, 0.1) is 12.2 Å². The van der Waals surface area contributed by atoms with E-state index in [0.29, 0.717) is 43.3 Å². The third kappa shape index (κ3) is 9.21. The number of sulfonamides is 1. The highest BCUT2D eigenvalue weighted by Crippen LogP contribution is 2.34. The molecule has 10 nitrogen and oxygen atoms in total. The van der Waals surface area contributed by atoms with Crippen LogP contribution < -0.4 is 19.3 Å². The van der Waals surface area contributed by atoms with Gasteiger partial charge in [0.1, 0.15) is 35.4 Å². The zero-order chi connectivity index (χ0) is 37.8. The first-order valence-corrected chi connectivity index (χ1v) is 18.2. The van der Waals surface area contributed by atoms with Gasteiger partial charge in [0.25, 0.3) is 15.9 Å².